The first-order valence-corrected chi connectivity index (χ1v) is 8.94. The third-order valence-electron chi connectivity index (χ3n) is 2.23. The van der Waals surface area contributed by atoms with Crippen molar-refractivity contribution < 1.29 is 8.42 Å². The molecule has 0 atom stereocenters. The molecule has 4 nitrogen and oxygen atoms in total. The Kier molecular flexibility index (Phi) is 6.26. The van der Waals surface area contributed by atoms with Crippen molar-refractivity contribution >= 4 is 37.3 Å². The van der Waals surface area contributed by atoms with Gasteiger partial charge >= 0.3 is 0 Å². The SMILES string of the molecule is CCNCc1cc(S(=O)(=O)NCC(C)C)c(Br)s1. The van der Waals surface area contributed by atoms with Crippen LogP contribution >= 0.6 is 27.3 Å². The van der Waals surface area contributed by atoms with Crippen molar-refractivity contribution in [2.24, 2.45) is 5.92 Å². The summed E-state index contributed by atoms with van der Waals surface area (Å²) in [6, 6.07) is 1.72. The van der Waals surface area contributed by atoms with Crippen molar-refractivity contribution in [1.82, 2.24) is 10.0 Å². The summed E-state index contributed by atoms with van der Waals surface area (Å²) in [5.41, 5.74) is 0. The molecular weight excluding hydrogens is 336 g/mol. The van der Waals surface area contributed by atoms with Gasteiger partial charge in [-0.15, -0.1) is 11.3 Å². The molecule has 0 aromatic carbocycles. The molecule has 1 aromatic heterocycles. The summed E-state index contributed by atoms with van der Waals surface area (Å²) in [6.45, 7) is 7.98. The zero-order chi connectivity index (χ0) is 13.8. The number of rotatable bonds is 7. The molecular formula is C11H19BrN2O2S2. The number of thiophene rings is 1. The molecule has 0 fully saturated rings. The minimum atomic E-state index is -3.40. The van der Waals surface area contributed by atoms with E-state index in [9.17, 15) is 8.42 Å². The molecule has 0 unspecified atom stereocenters. The summed E-state index contributed by atoms with van der Waals surface area (Å²) >= 11 is 4.77. The zero-order valence-corrected chi connectivity index (χ0v) is 14.0. The van der Waals surface area contributed by atoms with Gasteiger partial charge in [-0.3, -0.25) is 0 Å². The predicted octanol–water partition coefficient (Wildman–Crippen LogP) is 2.55. The van der Waals surface area contributed by atoms with E-state index in [1.54, 1.807) is 6.07 Å². The van der Waals surface area contributed by atoms with Crippen LogP contribution in [0.2, 0.25) is 0 Å². The van der Waals surface area contributed by atoms with Gasteiger partial charge in [0.15, 0.2) is 0 Å². The quantitative estimate of drug-likeness (QED) is 0.790. The van der Waals surface area contributed by atoms with Crippen LogP contribution < -0.4 is 10.0 Å². The van der Waals surface area contributed by atoms with Gasteiger partial charge in [0, 0.05) is 18.0 Å². The summed E-state index contributed by atoms with van der Waals surface area (Å²) in [4.78, 5) is 1.34. The van der Waals surface area contributed by atoms with Gasteiger partial charge in [-0.1, -0.05) is 20.8 Å². The van der Waals surface area contributed by atoms with Crippen LogP contribution in [-0.2, 0) is 16.6 Å². The molecule has 7 heteroatoms. The van der Waals surface area contributed by atoms with E-state index in [-0.39, 0.29) is 0 Å². The molecule has 0 aliphatic heterocycles. The van der Waals surface area contributed by atoms with Gasteiger partial charge in [0.2, 0.25) is 10.0 Å². The van der Waals surface area contributed by atoms with Gasteiger partial charge in [0.1, 0.15) is 4.90 Å². The summed E-state index contributed by atoms with van der Waals surface area (Å²) in [6.07, 6.45) is 0. The molecule has 0 saturated carbocycles. The first-order valence-electron chi connectivity index (χ1n) is 5.85. The number of hydrogen-bond donors (Lipinski definition) is 2. The monoisotopic (exact) mass is 354 g/mol. The van der Waals surface area contributed by atoms with Crippen LogP contribution in [0.4, 0.5) is 0 Å². The third-order valence-corrected chi connectivity index (χ3v) is 5.90. The number of halogens is 1. The van der Waals surface area contributed by atoms with Crippen molar-refractivity contribution in [1.29, 1.82) is 0 Å². The molecule has 2 N–H and O–H groups in total. The number of nitrogens with one attached hydrogen (secondary N) is 2. The number of sulfonamides is 1. The zero-order valence-electron chi connectivity index (χ0n) is 10.8. The van der Waals surface area contributed by atoms with E-state index < -0.39 is 10.0 Å². The highest BCUT2D eigenvalue weighted by molar-refractivity contribution is 9.11. The fourth-order valence-electron chi connectivity index (χ4n) is 1.27. The van der Waals surface area contributed by atoms with E-state index >= 15 is 0 Å². The topological polar surface area (TPSA) is 58.2 Å². The van der Waals surface area contributed by atoms with Gasteiger partial charge in [-0.2, -0.15) is 0 Å². The fourth-order valence-corrected chi connectivity index (χ4v) is 5.13. The van der Waals surface area contributed by atoms with E-state index in [1.807, 2.05) is 20.8 Å². The highest BCUT2D eigenvalue weighted by atomic mass is 79.9. The van der Waals surface area contributed by atoms with Crippen molar-refractivity contribution in [3.8, 4) is 0 Å². The number of hydrogen-bond acceptors (Lipinski definition) is 4. The Labute approximate surface area is 121 Å². The maximum absolute atomic E-state index is 12.1. The second kappa shape index (κ2) is 7.00. The molecule has 0 spiro atoms. The van der Waals surface area contributed by atoms with Crippen LogP contribution in [0.1, 0.15) is 25.6 Å². The molecule has 0 aliphatic rings. The Morgan fingerprint density at radius 3 is 2.67 bits per heavy atom. The molecule has 1 heterocycles. The third kappa shape index (κ3) is 4.62. The van der Waals surface area contributed by atoms with Crippen LogP contribution in [0, 0.1) is 5.92 Å². The lowest BCUT2D eigenvalue weighted by atomic mass is 10.2. The van der Waals surface area contributed by atoms with Gasteiger partial charge in [-0.05, 0) is 34.5 Å². The highest BCUT2D eigenvalue weighted by Gasteiger charge is 2.20. The lowest BCUT2D eigenvalue weighted by molar-refractivity contribution is 0.560. The van der Waals surface area contributed by atoms with Crippen LogP contribution in [0.5, 0.6) is 0 Å². The van der Waals surface area contributed by atoms with Gasteiger partial charge < -0.3 is 5.32 Å². The molecule has 1 rings (SSSR count). The standard InChI is InChI=1S/C11H19BrN2O2S2/c1-4-13-7-9-5-10(11(12)17-9)18(15,16)14-6-8(2)3/h5,8,13-14H,4,6-7H2,1-3H3. The lowest BCUT2D eigenvalue weighted by Crippen LogP contribution is -2.27. The summed E-state index contributed by atoms with van der Waals surface area (Å²) in [5, 5.41) is 3.18. The highest BCUT2D eigenvalue weighted by Crippen LogP contribution is 2.31. The lowest BCUT2D eigenvalue weighted by Gasteiger charge is -2.07. The molecule has 0 saturated heterocycles. The van der Waals surface area contributed by atoms with Crippen LogP contribution in [-0.4, -0.2) is 21.5 Å². The van der Waals surface area contributed by atoms with Gasteiger partial charge in [-0.25, -0.2) is 13.1 Å². The van der Waals surface area contributed by atoms with Crippen LogP contribution in [0.15, 0.2) is 14.7 Å². The average molecular weight is 355 g/mol. The van der Waals surface area contributed by atoms with Crippen molar-refractivity contribution in [2.75, 3.05) is 13.1 Å². The van der Waals surface area contributed by atoms with Crippen molar-refractivity contribution in [3.05, 3.63) is 14.7 Å². The molecule has 104 valence electrons. The smallest absolute Gasteiger partial charge is 0.242 e. The minimum Gasteiger partial charge on any atom is -0.312 e. The normalized spacial score (nSPS) is 12.3. The molecule has 1 aromatic rings. The maximum atomic E-state index is 12.1. The van der Waals surface area contributed by atoms with Crippen molar-refractivity contribution in [3.63, 3.8) is 0 Å². The van der Waals surface area contributed by atoms with E-state index in [0.717, 1.165) is 11.4 Å². The average Bonchev–Trinajstić information content (AvgIpc) is 2.66. The van der Waals surface area contributed by atoms with Crippen LogP contribution in [0.25, 0.3) is 0 Å². The predicted molar refractivity (Wildman–Crippen MR) is 79.4 cm³/mol. The van der Waals surface area contributed by atoms with E-state index in [1.165, 1.54) is 11.3 Å². The Morgan fingerprint density at radius 2 is 2.11 bits per heavy atom. The van der Waals surface area contributed by atoms with Gasteiger partial charge in [0.25, 0.3) is 0 Å². The second-order valence-corrected chi connectivity index (χ2v) is 8.57. The maximum Gasteiger partial charge on any atom is 0.242 e. The molecule has 0 radical (unpaired) electrons. The Balaban J connectivity index is 2.84. The molecule has 18 heavy (non-hydrogen) atoms. The summed E-state index contributed by atoms with van der Waals surface area (Å²) in [7, 11) is -3.40. The first-order chi connectivity index (χ1) is 8.36. The summed E-state index contributed by atoms with van der Waals surface area (Å²) < 4.78 is 27.5. The molecule has 0 amide bonds. The molecule has 0 aliphatic carbocycles. The second-order valence-electron chi connectivity index (χ2n) is 4.38. The van der Waals surface area contributed by atoms with Crippen molar-refractivity contribution in [2.45, 2.75) is 32.2 Å². The largest absolute Gasteiger partial charge is 0.312 e. The Bertz CT molecular complexity index is 483. The fraction of sp³-hybridized carbons (Fsp3) is 0.636. The van der Waals surface area contributed by atoms with E-state index in [4.69, 9.17) is 0 Å². The van der Waals surface area contributed by atoms with E-state index in [0.29, 0.717) is 27.7 Å². The Morgan fingerprint density at radius 1 is 1.44 bits per heavy atom. The minimum absolute atomic E-state index is 0.290. The Hall–Kier alpha value is 0.0500. The molecule has 0 bridgehead atoms. The van der Waals surface area contributed by atoms with E-state index in [2.05, 4.69) is 26.0 Å². The first kappa shape index (κ1) is 16.1. The summed E-state index contributed by atoms with van der Waals surface area (Å²) in [5.74, 6) is 0.290. The van der Waals surface area contributed by atoms with Crippen LogP contribution in [0.3, 0.4) is 0 Å². The van der Waals surface area contributed by atoms with Gasteiger partial charge in [0.05, 0.1) is 3.79 Å².